The molecule has 17 heavy (non-hydrogen) atoms. The molecule has 2 N–H and O–H groups in total. The molecule has 1 saturated carbocycles. The second kappa shape index (κ2) is 5.35. The van der Waals surface area contributed by atoms with E-state index in [1.807, 2.05) is 18.2 Å². The average Bonchev–Trinajstić information content (AvgIpc) is 3.19. The van der Waals surface area contributed by atoms with Gasteiger partial charge in [-0.2, -0.15) is 5.26 Å². The highest BCUT2D eigenvalue weighted by atomic mass is 16.2. The summed E-state index contributed by atoms with van der Waals surface area (Å²) in [6, 6.07) is 9.47. The Balaban J connectivity index is 1.74. The number of carbonyl (C=O) groups is 1. The summed E-state index contributed by atoms with van der Waals surface area (Å²) < 4.78 is 0. The van der Waals surface area contributed by atoms with Crippen LogP contribution in [-0.4, -0.2) is 19.0 Å². The summed E-state index contributed by atoms with van der Waals surface area (Å²) in [5.74, 6) is 0.404. The highest BCUT2D eigenvalue weighted by Crippen LogP contribution is 2.28. The first-order valence-electron chi connectivity index (χ1n) is 5.82. The van der Waals surface area contributed by atoms with Crippen LogP contribution in [0.25, 0.3) is 0 Å². The van der Waals surface area contributed by atoms with Gasteiger partial charge in [0.2, 0.25) is 5.91 Å². The number of hydrogen-bond acceptors (Lipinski definition) is 3. The smallest absolute Gasteiger partial charge is 0.223 e. The van der Waals surface area contributed by atoms with Crippen LogP contribution in [-0.2, 0) is 4.79 Å². The van der Waals surface area contributed by atoms with E-state index in [4.69, 9.17) is 5.26 Å². The Labute approximate surface area is 101 Å². The van der Waals surface area contributed by atoms with E-state index in [9.17, 15) is 4.79 Å². The van der Waals surface area contributed by atoms with Gasteiger partial charge < -0.3 is 10.6 Å². The lowest BCUT2D eigenvalue weighted by atomic mass is 10.2. The van der Waals surface area contributed by atoms with E-state index in [1.54, 1.807) is 6.07 Å². The Hall–Kier alpha value is -2.02. The predicted octanol–water partition coefficient (Wildman–Crippen LogP) is 1.50. The van der Waals surface area contributed by atoms with Crippen LogP contribution >= 0.6 is 0 Å². The van der Waals surface area contributed by atoms with Crippen LogP contribution < -0.4 is 10.6 Å². The normalized spacial score (nSPS) is 13.8. The van der Waals surface area contributed by atoms with E-state index in [-0.39, 0.29) is 11.8 Å². The molecule has 0 heterocycles. The number of nitrogens with zero attached hydrogens (tertiary/aromatic N) is 1. The zero-order valence-electron chi connectivity index (χ0n) is 9.57. The highest BCUT2D eigenvalue weighted by Gasteiger charge is 2.28. The van der Waals surface area contributed by atoms with Gasteiger partial charge in [0.05, 0.1) is 11.3 Å². The highest BCUT2D eigenvalue weighted by molar-refractivity contribution is 5.80. The Morgan fingerprint density at radius 1 is 1.35 bits per heavy atom. The summed E-state index contributed by atoms with van der Waals surface area (Å²) >= 11 is 0. The first-order valence-corrected chi connectivity index (χ1v) is 5.82. The molecule has 0 atom stereocenters. The van der Waals surface area contributed by atoms with Gasteiger partial charge in [-0.25, -0.2) is 0 Å². The molecule has 4 nitrogen and oxygen atoms in total. The lowest BCUT2D eigenvalue weighted by molar-refractivity contribution is -0.122. The molecule has 1 amide bonds. The van der Waals surface area contributed by atoms with Crippen LogP contribution in [0.1, 0.15) is 18.4 Å². The molecule has 1 aliphatic rings. The Morgan fingerprint density at radius 2 is 2.12 bits per heavy atom. The summed E-state index contributed by atoms with van der Waals surface area (Å²) in [7, 11) is 0. The zero-order valence-corrected chi connectivity index (χ0v) is 9.57. The second-order valence-electron chi connectivity index (χ2n) is 4.15. The zero-order chi connectivity index (χ0) is 12.1. The maximum Gasteiger partial charge on any atom is 0.223 e. The number of rotatable bonds is 5. The summed E-state index contributed by atoms with van der Waals surface area (Å²) in [5, 5.41) is 14.9. The van der Waals surface area contributed by atoms with E-state index in [1.165, 1.54) is 0 Å². The second-order valence-corrected chi connectivity index (χ2v) is 4.15. The molecule has 1 aromatic carbocycles. The molecular formula is C13H15N3O. The number of benzene rings is 1. The molecule has 88 valence electrons. The van der Waals surface area contributed by atoms with E-state index >= 15 is 0 Å². The lowest BCUT2D eigenvalue weighted by Crippen LogP contribution is -2.29. The Bertz CT molecular complexity index is 446. The first kappa shape index (κ1) is 11.5. The molecule has 0 saturated heterocycles. The van der Waals surface area contributed by atoms with Crippen LogP contribution in [0.5, 0.6) is 0 Å². The molecule has 0 radical (unpaired) electrons. The van der Waals surface area contributed by atoms with Gasteiger partial charge in [-0.15, -0.1) is 0 Å². The fraction of sp³-hybridized carbons (Fsp3) is 0.385. The van der Waals surface area contributed by atoms with Crippen molar-refractivity contribution in [1.29, 1.82) is 5.26 Å². The molecule has 1 aromatic rings. The first-order chi connectivity index (χ1) is 8.31. The van der Waals surface area contributed by atoms with Gasteiger partial charge >= 0.3 is 0 Å². The quantitative estimate of drug-likeness (QED) is 0.752. The number of nitrogens with one attached hydrogen (secondary N) is 2. The Morgan fingerprint density at radius 3 is 2.82 bits per heavy atom. The molecule has 4 heteroatoms. The van der Waals surface area contributed by atoms with Crippen LogP contribution in [0, 0.1) is 17.2 Å². The monoisotopic (exact) mass is 229 g/mol. The minimum absolute atomic E-state index is 0.153. The predicted molar refractivity (Wildman–Crippen MR) is 65.4 cm³/mol. The molecule has 1 aliphatic carbocycles. The number of nitriles is 1. The van der Waals surface area contributed by atoms with Crippen LogP contribution in [0.2, 0.25) is 0 Å². The minimum Gasteiger partial charge on any atom is -0.382 e. The SMILES string of the molecule is N#Cc1ccccc1NCCNC(=O)C1CC1. The van der Waals surface area contributed by atoms with E-state index in [0.29, 0.717) is 18.7 Å². The van der Waals surface area contributed by atoms with E-state index in [0.717, 1.165) is 18.5 Å². The molecule has 0 bridgehead atoms. The van der Waals surface area contributed by atoms with Crippen molar-refractivity contribution >= 4 is 11.6 Å². The number of carbonyl (C=O) groups excluding carboxylic acids is 1. The Kier molecular flexibility index (Phi) is 3.61. The number of anilines is 1. The third-order valence-corrected chi connectivity index (χ3v) is 2.74. The van der Waals surface area contributed by atoms with Crippen LogP contribution in [0.15, 0.2) is 24.3 Å². The van der Waals surface area contributed by atoms with E-state index in [2.05, 4.69) is 16.7 Å². The van der Waals surface area contributed by atoms with Crippen molar-refractivity contribution in [2.45, 2.75) is 12.8 Å². The van der Waals surface area contributed by atoms with Crippen molar-refractivity contribution in [2.75, 3.05) is 18.4 Å². The number of hydrogen-bond donors (Lipinski definition) is 2. The fourth-order valence-electron chi connectivity index (χ4n) is 1.61. The van der Waals surface area contributed by atoms with Gasteiger partial charge in [-0.05, 0) is 25.0 Å². The van der Waals surface area contributed by atoms with Crippen LogP contribution in [0.3, 0.4) is 0 Å². The maximum atomic E-state index is 11.3. The molecule has 1 fully saturated rings. The van der Waals surface area contributed by atoms with Gasteiger partial charge in [0.15, 0.2) is 0 Å². The van der Waals surface area contributed by atoms with Gasteiger partial charge in [0.1, 0.15) is 6.07 Å². The molecule has 0 spiro atoms. The van der Waals surface area contributed by atoms with Crippen molar-refractivity contribution in [1.82, 2.24) is 5.32 Å². The van der Waals surface area contributed by atoms with Gasteiger partial charge in [-0.3, -0.25) is 4.79 Å². The fourth-order valence-corrected chi connectivity index (χ4v) is 1.61. The van der Waals surface area contributed by atoms with Gasteiger partial charge in [0.25, 0.3) is 0 Å². The molecular weight excluding hydrogens is 214 g/mol. The molecule has 0 aliphatic heterocycles. The minimum atomic E-state index is 0.153. The third kappa shape index (κ3) is 3.22. The van der Waals surface area contributed by atoms with Crippen molar-refractivity contribution < 1.29 is 4.79 Å². The molecule has 0 unspecified atom stereocenters. The van der Waals surface area contributed by atoms with Crippen molar-refractivity contribution in [3.63, 3.8) is 0 Å². The van der Waals surface area contributed by atoms with Crippen LogP contribution in [0.4, 0.5) is 5.69 Å². The number of amides is 1. The standard InChI is InChI=1S/C13H15N3O/c14-9-11-3-1-2-4-12(11)15-7-8-16-13(17)10-5-6-10/h1-4,10,15H,5-8H2,(H,16,17). The van der Waals surface area contributed by atoms with E-state index < -0.39 is 0 Å². The van der Waals surface area contributed by atoms with Crippen molar-refractivity contribution in [2.24, 2.45) is 5.92 Å². The third-order valence-electron chi connectivity index (χ3n) is 2.74. The topological polar surface area (TPSA) is 64.9 Å². The maximum absolute atomic E-state index is 11.3. The summed E-state index contributed by atoms with van der Waals surface area (Å²) in [6.07, 6.45) is 2.05. The summed E-state index contributed by atoms with van der Waals surface area (Å²) in [4.78, 5) is 11.3. The summed E-state index contributed by atoms with van der Waals surface area (Å²) in [5.41, 5.74) is 1.44. The van der Waals surface area contributed by atoms with Gasteiger partial charge in [-0.1, -0.05) is 12.1 Å². The lowest BCUT2D eigenvalue weighted by Gasteiger charge is -2.08. The van der Waals surface area contributed by atoms with Gasteiger partial charge in [0, 0.05) is 19.0 Å². The summed E-state index contributed by atoms with van der Waals surface area (Å²) in [6.45, 7) is 1.23. The number of para-hydroxylation sites is 1. The largest absolute Gasteiger partial charge is 0.382 e. The van der Waals surface area contributed by atoms with Crippen molar-refractivity contribution in [3.05, 3.63) is 29.8 Å². The van der Waals surface area contributed by atoms with Crippen molar-refractivity contribution in [3.8, 4) is 6.07 Å². The molecule has 2 rings (SSSR count). The molecule has 0 aromatic heterocycles. The average molecular weight is 229 g/mol.